The molecule has 2 aromatic heterocycles. The number of hydrogen-bond donors (Lipinski definition) is 0. The Morgan fingerprint density at radius 1 is 1.03 bits per heavy atom. The van der Waals surface area contributed by atoms with Crippen molar-refractivity contribution in [3.8, 4) is 0 Å². The zero-order valence-corrected chi connectivity index (χ0v) is 19.2. The lowest BCUT2D eigenvalue weighted by molar-refractivity contribution is 0.0702. The van der Waals surface area contributed by atoms with Crippen LogP contribution in [0.4, 0.5) is 0 Å². The fraction of sp³-hybridized carbons (Fsp3) is 0.350. The van der Waals surface area contributed by atoms with Gasteiger partial charge >= 0.3 is 0 Å². The third-order valence-electron chi connectivity index (χ3n) is 5.25. The van der Waals surface area contributed by atoms with Crippen LogP contribution in [0.3, 0.4) is 0 Å². The second-order valence-electron chi connectivity index (χ2n) is 7.24. The summed E-state index contributed by atoms with van der Waals surface area (Å²) >= 11 is 7.23. The van der Waals surface area contributed by atoms with E-state index in [9.17, 15) is 13.2 Å². The average molecular weight is 465 g/mol. The van der Waals surface area contributed by atoms with E-state index in [1.54, 1.807) is 17.0 Å². The van der Waals surface area contributed by atoms with Crippen LogP contribution in [0.2, 0.25) is 5.02 Å². The molecule has 0 unspecified atom stereocenters. The van der Waals surface area contributed by atoms with E-state index in [1.165, 1.54) is 27.8 Å². The first-order valence-electron chi connectivity index (χ1n) is 9.48. The number of carbonyl (C=O) groups excluding carboxylic acids is 1. The first-order valence-corrected chi connectivity index (χ1v) is 12.1. The number of thiophene rings is 1. The van der Waals surface area contributed by atoms with E-state index in [0.717, 1.165) is 21.5 Å². The van der Waals surface area contributed by atoms with Crippen LogP contribution in [0.25, 0.3) is 10.2 Å². The van der Waals surface area contributed by atoms with E-state index < -0.39 is 10.0 Å². The summed E-state index contributed by atoms with van der Waals surface area (Å²) in [5.74, 6) is 0.595. The third-order valence-corrected chi connectivity index (χ3v) is 8.59. The molecule has 0 atom stereocenters. The van der Waals surface area contributed by atoms with E-state index in [-0.39, 0.29) is 23.9 Å². The largest absolute Gasteiger partial charge is 0.335 e. The lowest BCUT2D eigenvalue weighted by atomic mass is 10.1. The van der Waals surface area contributed by atoms with Crippen LogP contribution in [-0.2, 0) is 10.0 Å². The molecule has 1 fully saturated rings. The fourth-order valence-corrected chi connectivity index (χ4v) is 6.50. The normalized spacial score (nSPS) is 15.7. The van der Waals surface area contributed by atoms with E-state index >= 15 is 0 Å². The topological polar surface area (TPSA) is 83.5 Å². The van der Waals surface area contributed by atoms with Crippen molar-refractivity contribution in [1.29, 1.82) is 0 Å². The number of hydrogen-bond acceptors (Lipinski definition) is 6. The lowest BCUT2D eigenvalue weighted by Gasteiger charge is -2.34. The van der Waals surface area contributed by atoms with Crippen molar-refractivity contribution in [2.75, 3.05) is 26.2 Å². The van der Waals surface area contributed by atoms with Gasteiger partial charge in [0, 0.05) is 42.3 Å². The minimum Gasteiger partial charge on any atom is -0.335 e. The summed E-state index contributed by atoms with van der Waals surface area (Å²) in [6.07, 6.45) is 0. The van der Waals surface area contributed by atoms with Gasteiger partial charge in [-0.25, -0.2) is 18.4 Å². The van der Waals surface area contributed by atoms with Crippen LogP contribution < -0.4 is 0 Å². The van der Waals surface area contributed by atoms with Crippen LogP contribution in [0.5, 0.6) is 0 Å². The predicted molar refractivity (Wildman–Crippen MR) is 118 cm³/mol. The molecule has 0 bridgehead atoms. The van der Waals surface area contributed by atoms with E-state index in [0.29, 0.717) is 28.8 Å². The number of benzene rings is 1. The van der Waals surface area contributed by atoms with Crippen molar-refractivity contribution in [2.45, 2.75) is 25.7 Å². The Labute approximate surface area is 184 Å². The molecule has 30 heavy (non-hydrogen) atoms. The molecule has 10 heteroatoms. The molecule has 4 rings (SSSR count). The van der Waals surface area contributed by atoms with Gasteiger partial charge in [0.15, 0.2) is 0 Å². The molecule has 1 aliphatic heterocycles. The van der Waals surface area contributed by atoms with Crippen LogP contribution in [-0.4, -0.2) is 59.7 Å². The smallest absolute Gasteiger partial charge is 0.264 e. The van der Waals surface area contributed by atoms with Crippen LogP contribution in [0, 0.1) is 20.8 Å². The Morgan fingerprint density at radius 3 is 2.30 bits per heavy atom. The van der Waals surface area contributed by atoms with Gasteiger partial charge in [-0.05, 0) is 50.6 Å². The Morgan fingerprint density at radius 2 is 1.67 bits per heavy atom. The van der Waals surface area contributed by atoms with Gasteiger partial charge in [-0.15, -0.1) is 11.3 Å². The minimum absolute atomic E-state index is 0.0870. The zero-order valence-electron chi connectivity index (χ0n) is 16.8. The summed E-state index contributed by atoms with van der Waals surface area (Å²) in [7, 11) is -3.61. The monoisotopic (exact) mass is 464 g/mol. The third kappa shape index (κ3) is 3.71. The standard InChI is InChI=1S/C20H21ClN4O3S2/c1-12-17-13(2)22-14(3)23-19(17)29-18(12)20(26)24-8-10-25(11-9-24)30(27,28)16-6-4-15(21)5-7-16/h4-7H,8-11H2,1-3H3. The number of piperazine rings is 1. The molecule has 1 saturated heterocycles. The summed E-state index contributed by atoms with van der Waals surface area (Å²) < 4.78 is 27.1. The first-order chi connectivity index (χ1) is 14.2. The van der Waals surface area contributed by atoms with Gasteiger partial charge in [0.1, 0.15) is 10.7 Å². The number of sulfonamides is 1. The Hall–Kier alpha value is -2.07. The molecule has 1 aromatic carbocycles. The molecule has 0 aliphatic carbocycles. The highest BCUT2D eigenvalue weighted by Gasteiger charge is 2.31. The summed E-state index contributed by atoms with van der Waals surface area (Å²) in [4.78, 5) is 25.4. The SMILES string of the molecule is Cc1nc(C)c2c(C)c(C(=O)N3CCN(S(=O)(=O)c4ccc(Cl)cc4)CC3)sc2n1. The Bertz CT molecular complexity index is 1230. The second-order valence-corrected chi connectivity index (χ2v) is 10.6. The van der Waals surface area contributed by atoms with Gasteiger partial charge in [-0.1, -0.05) is 11.6 Å². The Kier molecular flexibility index (Phi) is 5.56. The molecule has 0 N–H and O–H groups in total. The number of halogens is 1. The van der Waals surface area contributed by atoms with Gasteiger partial charge in [-0.3, -0.25) is 4.79 Å². The number of carbonyl (C=O) groups is 1. The quantitative estimate of drug-likeness (QED) is 0.593. The Balaban J connectivity index is 1.52. The molecule has 1 aliphatic rings. The first kappa shape index (κ1) is 21.2. The van der Waals surface area contributed by atoms with Crippen molar-refractivity contribution < 1.29 is 13.2 Å². The zero-order chi connectivity index (χ0) is 21.6. The number of aryl methyl sites for hydroxylation is 3. The minimum atomic E-state index is -3.61. The van der Waals surface area contributed by atoms with Crippen molar-refractivity contribution in [3.05, 3.63) is 51.2 Å². The molecule has 0 radical (unpaired) electrons. The maximum Gasteiger partial charge on any atom is 0.264 e. The van der Waals surface area contributed by atoms with Crippen LogP contribution in [0.15, 0.2) is 29.2 Å². The number of fused-ring (bicyclic) bond motifs is 1. The van der Waals surface area contributed by atoms with Crippen LogP contribution in [0.1, 0.15) is 26.8 Å². The van der Waals surface area contributed by atoms with E-state index in [1.807, 2.05) is 20.8 Å². The van der Waals surface area contributed by atoms with Crippen molar-refractivity contribution >= 4 is 49.1 Å². The van der Waals surface area contributed by atoms with Crippen molar-refractivity contribution in [1.82, 2.24) is 19.2 Å². The summed E-state index contributed by atoms with van der Waals surface area (Å²) in [5, 5.41) is 1.41. The molecule has 7 nitrogen and oxygen atoms in total. The molecular weight excluding hydrogens is 444 g/mol. The summed E-state index contributed by atoms with van der Waals surface area (Å²) in [6, 6.07) is 6.12. The van der Waals surface area contributed by atoms with Gasteiger partial charge < -0.3 is 4.90 Å². The number of rotatable bonds is 3. The summed E-state index contributed by atoms with van der Waals surface area (Å²) in [5.41, 5.74) is 1.75. The molecule has 0 saturated carbocycles. The van der Waals surface area contributed by atoms with Crippen molar-refractivity contribution in [2.24, 2.45) is 0 Å². The van der Waals surface area contributed by atoms with Crippen LogP contribution >= 0.6 is 22.9 Å². The molecular formula is C20H21ClN4O3S2. The maximum absolute atomic E-state index is 13.2. The van der Waals surface area contributed by atoms with Gasteiger partial charge in [0.25, 0.3) is 5.91 Å². The fourth-order valence-electron chi connectivity index (χ4n) is 3.71. The second kappa shape index (κ2) is 7.88. The maximum atomic E-state index is 13.2. The van der Waals surface area contributed by atoms with E-state index in [2.05, 4.69) is 9.97 Å². The molecule has 3 heterocycles. The molecule has 158 valence electrons. The summed E-state index contributed by atoms with van der Waals surface area (Å²) in [6.45, 7) is 6.84. The number of aromatic nitrogens is 2. The molecule has 1 amide bonds. The van der Waals surface area contributed by atoms with E-state index in [4.69, 9.17) is 11.6 Å². The average Bonchev–Trinajstić information content (AvgIpc) is 3.04. The van der Waals surface area contributed by atoms with Gasteiger partial charge in [-0.2, -0.15) is 4.31 Å². The number of amides is 1. The molecule has 3 aromatic rings. The highest BCUT2D eigenvalue weighted by Crippen LogP contribution is 2.32. The van der Waals surface area contributed by atoms with Gasteiger partial charge in [0.2, 0.25) is 10.0 Å². The predicted octanol–water partition coefficient (Wildman–Crippen LogP) is 3.42. The number of nitrogens with zero attached hydrogens (tertiary/aromatic N) is 4. The highest BCUT2D eigenvalue weighted by atomic mass is 35.5. The van der Waals surface area contributed by atoms with Gasteiger partial charge in [0.05, 0.1) is 9.77 Å². The lowest BCUT2D eigenvalue weighted by Crippen LogP contribution is -2.50. The van der Waals surface area contributed by atoms with Crippen molar-refractivity contribution in [3.63, 3.8) is 0 Å². The molecule has 0 spiro atoms. The highest BCUT2D eigenvalue weighted by molar-refractivity contribution is 7.89.